The highest BCUT2D eigenvalue weighted by Gasteiger charge is 2.24. The van der Waals surface area contributed by atoms with Crippen LogP contribution in [0.25, 0.3) is 0 Å². The third-order valence-corrected chi connectivity index (χ3v) is 6.21. The summed E-state index contributed by atoms with van der Waals surface area (Å²) in [6.07, 6.45) is 1.44. The number of benzene rings is 3. The van der Waals surface area contributed by atoms with Crippen molar-refractivity contribution in [3.8, 4) is 0 Å². The highest BCUT2D eigenvalue weighted by molar-refractivity contribution is 7.99. The highest BCUT2D eigenvalue weighted by atomic mass is 32.2. The van der Waals surface area contributed by atoms with E-state index in [9.17, 15) is 4.79 Å². The van der Waals surface area contributed by atoms with Crippen molar-refractivity contribution in [2.45, 2.75) is 29.7 Å². The molecule has 3 heteroatoms. The quantitative estimate of drug-likeness (QED) is 0.634. The SMILES string of the molecule is O=C(CC(c1ccccc1)c1ccccc1)N[C@@H]1CCSc2ccccc21. The fourth-order valence-corrected chi connectivity index (χ4v) is 4.85. The zero-order chi connectivity index (χ0) is 18.5. The minimum atomic E-state index is 0.0700. The molecule has 1 heterocycles. The first kappa shape index (κ1) is 17.9. The Kier molecular flexibility index (Phi) is 5.59. The molecule has 1 N–H and O–H groups in total. The second-order valence-electron chi connectivity index (χ2n) is 6.87. The number of carbonyl (C=O) groups excluding carboxylic acids is 1. The van der Waals surface area contributed by atoms with Crippen molar-refractivity contribution < 1.29 is 4.79 Å². The van der Waals surface area contributed by atoms with Gasteiger partial charge in [0.15, 0.2) is 0 Å². The Balaban J connectivity index is 1.53. The molecule has 2 nitrogen and oxygen atoms in total. The number of thioether (sulfide) groups is 1. The average Bonchev–Trinajstić information content (AvgIpc) is 2.73. The fourth-order valence-electron chi connectivity index (χ4n) is 3.73. The first-order chi connectivity index (χ1) is 13.3. The number of fused-ring (bicyclic) bond motifs is 1. The van der Waals surface area contributed by atoms with E-state index in [0.717, 1.165) is 12.2 Å². The smallest absolute Gasteiger partial charge is 0.221 e. The van der Waals surface area contributed by atoms with Gasteiger partial charge in [0.25, 0.3) is 0 Å². The van der Waals surface area contributed by atoms with Gasteiger partial charge in [0.05, 0.1) is 6.04 Å². The topological polar surface area (TPSA) is 29.1 Å². The molecule has 0 bridgehead atoms. The van der Waals surface area contributed by atoms with Crippen molar-refractivity contribution in [3.63, 3.8) is 0 Å². The van der Waals surface area contributed by atoms with Gasteiger partial charge in [-0.25, -0.2) is 0 Å². The van der Waals surface area contributed by atoms with Gasteiger partial charge in [-0.2, -0.15) is 0 Å². The van der Waals surface area contributed by atoms with Crippen LogP contribution in [0.5, 0.6) is 0 Å². The lowest BCUT2D eigenvalue weighted by molar-refractivity contribution is -0.122. The number of rotatable bonds is 5. The van der Waals surface area contributed by atoms with Crippen LogP contribution in [0.15, 0.2) is 89.8 Å². The average molecular weight is 374 g/mol. The molecule has 0 saturated heterocycles. The minimum Gasteiger partial charge on any atom is -0.349 e. The lowest BCUT2D eigenvalue weighted by Crippen LogP contribution is -2.31. The van der Waals surface area contributed by atoms with Crippen LogP contribution in [0.3, 0.4) is 0 Å². The lowest BCUT2D eigenvalue weighted by atomic mass is 9.88. The molecule has 27 heavy (non-hydrogen) atoms. The van der Waals surface area contributed by atoms with Gasteiger partial charge in [0.2, 0.25) is 5.91 Å². The van der Waals surface area contributed by atoms with Crippen molar-refractivity contribution in [3.05, 3.63) is 102 Å². The van der Waals surface area contributed by atoms with E-state index < -0.39 is 0 Å². The maximum Gasteiger partial charge on any atom is 0.221 e. The minimum absolute atomic E-state index is 0.0700. The first-order valence-corrected chi connectivity index (χ1v) is 10.4. The standard InChI is InChI=1S/C24H23NOS/c26-24(25-22-15-16-27-23-14-8-7-13-20(22)23)17-21(18-9-3-1-4-10-18)19-11-5-2-6-12-19/h1-14,21-22H,15-17H2,(H,25,26)/t22-/m1/s1. The largest absolute Gasteiger partial charge is 0.349 e. The second kappa shape index (κ2) is 8.45. The monoisotopic (exact) mass is 373 g/mol. The first-order valence-electron chi connectivity index (χ1n) is 9.42. The molecule has 1 amide bonds. The molecular weight excluding hydrogens is 350 g/mol. The Morgan fingerprint density at radius 3 is 2.15 bits per heavy atom. The van der Waals surface area contributed by atoms with E-state index in [2.05, 4.69) is 53.8 Å². The maximum atomic E-state index is 13.0. The van der Waals surface area contributed by atoms with Crippen molar-refractivity contribution in [2.75, 3.05) is 5.75 Å². The Bertz CT molecular complexity index is 855. The van der Waals surface area contributed by atoms with Crippen LogP contribution < -0.4 is 5.32 Å². The second-order valence-corrected chi connectivity index (χ2v) is 8.01. The van der Waals surface area contributed by atoms with Crippen LogP contribution in [0.1, 0.15) is 41.5 Å². The van der Waals surface area contributed by atoms with E-state index >= 15 is 0 Å². The highest BCUT2D eigenvalue weighted by Crippen LogP contribution is 2.36. The summed E-state index contributed by atoms with van der Waals surface area (Å²) in [5.41, 5.74) is 3.61. The zero-order valence-corrected chi connectivity index (χ0v) is 16.0. The lowest BCUT2D eigenvalue weighted by Gasteiger charge is -2.27. The van der Waals surface area contributed by atoms with Crippen LogP contribution in [-0.4, -0.2) is 11.7 Å². The molecule has 1 aliphatic heterocycles. The zero-order valence-electron chi connectivity index (χ0n) is 15.2. The van der Waals surface area contributed by atoms with Crippen molar-refractivity contribution in [1.82, 2.24) is 5.32 Å². The molecule has 0 aliphatic carbocycles. The molecule has 0 spiro atoms. The molecule has 0 radical (unpaired) electrons. The molecule has 1 atom stereocenters. The van der Waals surface area contributed by atoms with E-state index in [-0.39, 0.29) is 17.9 Å². The summed E-state index contributed by atoms with van der Waals surface area (Å²) in [7, 11) is 0. The molecule has 0 fully saturated rings. The molecular formula is C24H23NOS. The van der Waals surface area contributed by atoms with Gasteiger partial charge in [-0.15, -0.1) is 11.8 Å². The Labute approximate surface area is 165 Å². The van der Waals surface area contributed by atoms with Crippen LogP contribution in [0, 0.1) is 0 Å². The van der Waals surface area contributed by atoms with Crippen LogP contribution in [-0.2, 0) is 4.79 Å². The summed E-state index contributed by atoms with van der Waals surface area (Å²) in [5, 5.41) is 3.29. The summed E-state index contributed by atoms with van der Waals surface area (Å²) >= 11 is 1.88. The summed E-state index contributed by atoms with van der Waals surface area (Å²) in [5.74, 6) is 1.22. The van der Waals surface area contributed by atoms with Crippen LogP contribution in [0.2, 0.25) is 0 Å². The molecule has 0 saturated carbocycles. The summed E-state index contributed by atoms with van der Waals surface area (Å²) in [4.78, 5) is 14.2. The predicted octanol–water partition coefficient (Wildman–Crippen LogP) is 5.56. The molecule has 0 unspecified atom stereocenters. The molecule has 3 aromatic carbocycles. The van der Waals surface area contributed by atoms with Gasteiger partial charge in [-0.05, 0) is 29.2 Å². The summed E-state index contributed by atoms with van der Waals surface area (Å²) in [6, 6.07) is 29.1. The van der Waals surface area contributed by atoms with E-state index in [1.165, 1.54) is 21.6 Å². The fraction of sp³-hybridized carbons (Fsp3) is 0.208. The predicted molar refractivity (Wildman–Crippen MR) is 112 cm³/mol. The van der Waals surface area contributed by atoms with Crippen molar-refractivity contribution in [1.29, 1.82) is 0 Å². The van der Waals surface area contributed by atoms with Crippen molar-refractivity contribution >= 4 is 17.7 Å². The third-order valence-electron chi connectivity index (χ3n) is 5.09. The third kappa shape index (κ3) is 4.25. The van der Waals surface area contributed by atoms with Gasteiger partial charge in [0.1, 0.15) is 0 Å². The number of hydrogen-bond donors (Lipinski definition) is 1. The number of amides is 1. The normalized spacial score (nSPS) is 16.0. The van der Waals surface area contributed by atoms with Crippen LogP contribution >= 0.6 is 11.8 Å². The Hall–Kier alpha value is -2.52. The molecule has 3 aromatic rings. The van der Waals surface area contributed by atoms with Gasteiger partial charge in [-0.1, -0.05) is 78.9 Å². The Morgan fingerprint density at radius 2 is 1.48 bits per heavy atom. The molecule has 1 aliphatic rings. The summed E-state index contributed by atoms with van der Waals surface area (Å²) in [6.45, 7) is 0. The molecule has 4 rings (SSSR count). The number of nitrogens with one attached hydrogen (secondary N) is 1. The maximum absolute atomic E-state index is 13.0. The number of hydrogen-bond acceptors (Lipinski definition) is 2. The van der Waals surface area contributed by atoms with E-state index in [0.29, 0.717) is 6.42 Å². The summed E-state index contributed by atoms with van der Waals surface area (Å²) < 4.78 is 0. The van der Waals surface area contributed by atoms with Crippen LogP contribution in [0.4, 0.5) is 0 Å². The Morgan fingerprint density at radius 1 is 0.889 bits per heavy atom. The van der Waals surface area contributed by atoms with E-state index in [1.807, 2.05) is 48.2 Å². The van der Waals surface area contributed by atoms with E-state index in [4.69, 9.17) is 0 Å². The number of carbonyl (C=O) groups is 1. The molecule has 136 valence electrons. The van der Waals surface area contributed by atoms with E-state index in [1.54, 1.807) is 0 Å². The molecule has 0 aromatic heterocycles. The van der Waals surface area contributed by atoms with Crippen molar-refractivity contribution in [2.24, 2.45) is 0 Å². The van der Waals surface area contributed by atoms with Gasteiger partial charge in [-0.3, -0.25) is 4.79 Å². The van der Waals surface area contributed by atoms with Gasteiger partial charge < -0.3 is 5.32 Å². The van der Waals surface area contributed by atoms with Gasteiger partial charge >= 0.3 is 0 Å². The van der Waals surface area contributed by atoms with Gasteiger partial charge in [0, 0.05) is 23.0 Å².